The van der Waals surface area contributed by atoms with Crippen molar-refractivity contribution in [3.63, 3.8) is 0 Å². The fourth-order valence-electron chi connectivity index (χ4n) is 3.87. The van der Waals surface area contributed by atoms with E-state index in [4.69, 9.17) is 4.98 Å². The molecule has 1 aliphatic heterocycles. The van der Waals surface area contributed by atoms with Gasteiger partial charge in [0.1, 0.15) is 0 Å². The average Bonchev–Trinajstić information content (AvgIpc) is 3.14. The first-order chi connectivity index (χ1) is 14.7. The van der Waals surface area contributed by atoms with Crippen molar-refractivity contribution in [2.24, 2.45) is 5.92 Å². The van der Waals surface area contributed by atoms with E-state index in [1.807, 2.05) is 36.4 Å². The minimum Gasteiger partial charge on any atom is -0.346 e. The second-order valence-corrected chi connectivity index (χ2v) is 8.84. The van der Waals surface area contributed by atoms with Crippen molar-refractivity contribution in [3.8, 4) is 0 Å². The van der Waals surface area contributed by atoms with Crippen molar-refractivity contribution in [1.82, 2.24) is 10.3 Å². The molecule has 1 fully saturated rings. The molecule has 0 spiro atoms. The number of aryl methyl sites for hydroxylation is 1. The number of fused-ring (bicyclic) bond motifs is 1. The highest BCUT2D eigenvalue weighted by Crippen LogP contribution is 2.34. The highest BCUT2D eigenvalue weighted by atomic mass is 32.1. The van der Waals surface area contributed by atoms with E-state index in [2.05, 4.69) is 59.6 Å². The maximum atomic E-state index is 13.0. The number of benzene rings is 3. The fraction of sp³-hybridized carbons (Fsp3) is 0.200. The number of rotatable bonds is 5. The van der Waals surface area contributed by atoms with Crippen LogP contribution in [0, 0.1) is 12.8 Å². The molecule has 0 aliphatic carbocycles. The first kappa shape index (κ1) is 18.8. The van der Waals surface area contributed by atoms with Gasteiger partial charge in [-0.05, 0) is 35.7 Å². The van der Waals surface area contributed by atoms with Gasteiger partial charge in [-0.1, -0.05) is 78.1 Å². The molecular weight excluding hydrogens is 390 g/mol. The Morgan fingerprint density at radius 3 is 2.27 bits per heavy atom. The standard InChI is InChI=1S/C25H23N3OS/c1-17-12-13-21-22(14-17)30-25(26-21)28-15-20(16-28)24(29)27-23(18-8-4-2-5-9-18)19-10-6-3-7-11-19/h2-14,20,23H,15-16H2,1H3,(H,27,29). The minimum atomic E-state index is -0.139. The molecule has 3 aromatic carbocycles. The first-order valence-corrected chi connectivity index (χ1v) is 11.0. The number of nitrogens with zero attached hydrogens (tertiary/aromatic N) is 2. The summed E-state index contributed by atoms with van der Waals surface area (Å²) in [5.74, 6) is 0.0783. The lowest BCUT2D eigenvalue weighted by atomic mass is 9.95. The Hall–Kier alpha value is -3.18. The SMILES string of the molecule is Cc1ccc2nc(N3CC(C(=O)NC(c4ccccc4)c4ccccc4)C3)sc2c1. The number of nitrogens with one attached hydrogen (secondary N) is 1. The number of aromatic nitrogens is 1. The molecule has 1 aromatic heterocycles. The minimum absolute atomic E-state index is 0.0197. The van der Waals surface area contributed by atoms with E-state index in [-0.39, 0.29) is 17.9 Å². The fourth-order valence-corrected chi connectivity index (χ4v) is 4.95. The van der Waals surface area contributed by atoms with Gasteiger partial charge in [-0.2, -0.15) is 0 Å². The average molecular weight is 414 g/mol. The van der Waals surface area contributed by atoms with E-state index in [9.17, 15) is 4.79 Å². The largest absolute Gasteiger partial charge is 0.346 e. The lowest BCUT2D eigenvalue weighted by molar-refractivity contribution is -0.126. The summed E-state index contributed by atoms with van der Waals surface area (Å²) in [7, 11) is 0. The van der Waals surface area contributed by atoms with Gasteiger partial charge in [-0.25, -0.2) is 4.98 Å². The third-order valence-corrected chi connectivity index (χ3v) is 6.69. The van der Waals surface area contributed by atoms with E-state index in [0.717, 1.165) is 21.8 Å². The molecule has 0 radical (unpaired) electrons. The molecule has 150 valence electrons. The van der Waals surface area contributed by atoms with Crippen LogP contribution in [-0.4, -0.2) is 24.0 Å². The number of carbonyl (C=O) groups excluding carboxylic acids is 1. The van der Waals surface area contributed by atoms with Crippen molar-refractivity contribution < 1.29 is 4.79 Å². The molecule has 1 saturated heterocycles. The Bertz CT molecular complexity index is 1130. The van der Waals surface area contributed by atoms with Crippen molar-refractivity contribution in [2.45, 2.75) is 13.0 Å². The molecule has 1 N–H and O–H groups in total. The summed E-state index contributed by atoms with van der Waals surface area (Å²) in [4.78, 5) is 20.0. The highest BCUT2D eigenvalue weighted by Gasteiger charge is 2.35. The lowest BCUT2D eigenvalue weighted by Crippen LogP contribution is -2.54. The summed E-state index contributed by atoms with van der Waals surface area (Å²) >= 11 is 1.70. The molecule has 4 nitrogen and oxygen atoms in total. The Labute approximate surface area is 180 Å². The number of anilines is 1. The van der Waals surface area contributed by atoms with Gasteiger partial charge in [0, 0.05) is 13.1 Å². The molecular formula is C25H23N3OS. The van der Waals surface area contributed by atoms with E-state index in [1.54, 1.807) is 11.3 Å². The number of thiazole rings is 1. The van der Waals surface area contributed by atoms with Crippen LogP contribution in [0.4, 0.5) is 5.13 Å². The number of carbonyl (C=O) groups is 1. The van der Waals surface area contributed by atoms with Crippen LogP contribution in [-0.2, 0) is 4.79 Å². The molecule has 0 unspecified atom stereocenters. The van der Waals surface area contributed by atoms with E-state index >= 15 is 0 Å². The van der Waals surface area contributed by atoms with Gasteiger partial charge < -0.3 is 10.2 Å². The van der Waals surface area contributed by atoms with Crippen LogP contribution in [0.5, 0.6) is 0 Å². The Kier molecular flexibility index (Phi) is 4.97. The second-order valence-electron chi connectivity index (χ2n) is 7.83. The van der Waals surface area contributed by atoms with Crippen LogP contribution in [0.15, 0.2) is 78.9 Å². The quantitative estimate of drug-likeness (QED) is 0.504. The van der Waals surface area contributed by atoms with Gasteiger partial charge in [0.15, 0.2) is 5.13 Å². The van der Waals surface area contributed by atoms with Gasteiger partial charge in [0.05, 0.1) is 22.2 Å². The summed E-state index contributed by atoms with van der Waals surface area (Å²) in [5.41, 5.74) is 4.46. The van der Waals surface area contributed by atoms with Gasteiger partial charge in [-0.3, -0.25) is 4.79 Å². The van der Waals surface area contributed by atoms with Crippen molar-refractivity contribution in [2.75, 3.05) is 18.0 Å². The van der Waals surface area contributed by atoms with Crippen LogP contribution in [0.25, 0.3) is 10.2 Å². The van der Waals surface area contributed by atoms with Crippen LogP contribution >= 0.6 is 11.3 Å². The number of amides is 1. The smallest absolute Gasteiger partial charge is 0.227 e. The van der Waals surface area contributed by atoms with E-state index < -0.39 is 0 Å². The van der Waals surface area contributed by atoms with Crippen molar-refractivity contribution >= 4 is 32.6 Å². The normalized spacial score (nSPS) is 14.1. The summed E-state index contributed by atoms with van der Waals surface area (Å²) in [5, 5.41) is 4.28. The zero-order valence-corrected chi connectivity index (χ0v) is 17.6. The monoisotopic (exact) mass is 413 g/mol. The summed E-state index contributed by atoms with van der Waals surface area (Å²) in [6.07, 6.45) is 0. The molecule has 1 amide bonds. The Morgan fingerprint density at radius 2 is 1.63 bits per heavy atom. The van der Waals surface area contributed by atoms with E-state index in [1.165, 1.54) is 10.3 Å². The summed E-state index contributed by atoms with van der Waals surface area (Å²) in [6.45, 7) is 3.51. The van der Waals surface area contributed by atoms with Crippen LogP contribution in [0.3, 0.4) is 0 Å². The molecule has 4 aromatic rings. The lowest BCUT2D eigenvalue weighted by Gasteiger charge is -2.38. The Morgan fingerprint density at radius 1 is 1.00 bits per heavy atom. The summed E-state index contributed by atoms with van der Waals surface area (Å²) in [6, 6.07) is 26.5. The zero-order chi connectivity index (χ0) is 20.5. The topological polar surface area (TPSA) is 45.2 Å². The summed E-state index contributed by atoms with van der Waals surface area (Å²) < 4.78 is 1.20. The molecule has 5 rings (SSSR count). The highest BCUT2D eigenvalue weighted by molar-refractivity contribution is 7.22. The number of hydrogen-bond acceptors (Lipinski definition) is 4. The van der Waals surface area contributed by atoms with Crippen molar-refractivity contribution in [1.29, 1.82) is 0 Å². The van der Waals surface area contributed by atoms with Gasteiger partial charge in [0.2, 0.25) is 5.91 Å². The molecule has 0 atom stereocenters. The second kappa shape index (κ2) is 7.92. The van der Waals surface area contributed by atoms with E-state index in [0.29, 0.717) is 13.1 Å². The molecule has 30 heavy (non-hydrogen) atoms. The molecule has 2 heterocycles. The molecule has 0 saturated carbocycles. The molecule has 5 heteroatoms. The van der Waals surface area contributed by atoms with Crippen LogP contribution < -0.4 is 10.2 Å². The first-order valence-electron chi connectivity index (χ1n) is 10.2. The number of hydrogen-bond donors (Lipinski definition) is 1. The van der Waals surface area contributed by atoms with Crippen LogP contribution in [0.1, 0.15) is 22.7 Å². The third-order valence-electron chi connectivity index (χ3n) is 5.61. The molecule has 0 bridgehead atoms. The van der Waals surface area contributed by atoms with Gasteiger partial charge in [0.25, 0.3) is 0 Å². The maximum Gasteiger partial charge on any atom is 0.227 e. The third kappa shape index (κ3) is 3.68. The van der Waals surface area contributed by atoms with Crippen LogP contribution in [0.2, 0.25) is 0 Å². The zero-order valence-electron chi connectivity index (χ0n) is 16.8. The van der Waals surface area contributed by atoms with Gasteiger partial charge >= 0.3 is 0 Å². The van der Waals surface area contributed by atoms with Crippen molar-refractivity contribution in [3.05, 3.63) is 95.6 Å². The maximum absolute atomic E-state index is 13.0. The van der Waals surface area contributed by atoms with Gasteiger partial charge in [-0.15, -0.1) is 0 Å². The predicted octanol–water partition coefficient (Wildman–Crippen LogP) is 4.95. The molecule has 1 aliphatic rings. The Balaban J connectivity index is 1.29. The predicted molar refractivity (Wildman–Crippen MR) is 123 cm³/mol.